The molecule has 1 aliphatic carbocycles. The first-order valence-corrected chi connectivity index (χ1v) is 7.67. The average molecular weight is 302 g/mol. The first-order chi connectivity index (χ1) is 7.79. The maximum absolute atomic E-state index is 4.63. The Bertz CT molecular complexity index is 236. The third-order valence-corrected chi connectivity index (χ3v) is 4.03. The van der Waals surface area contributed by atoms with Crippen LogP contribution < -0.4 is 0 Å². The monoisotopic (exact) mass is 302 g/mol. The number of hydrogen-bond acceptors (Lipinski definition) is 2. The molecule has 1 aliphatic rings. The third kappa shape index (κ3) is 13.3. The van der Waals surface area contributed by atoms with Gasteiger partial charge in [-0.3, -0.25) is 0 Å². The fraction of sp³-hybridized carbons (Fsp3) is 0.857. The molecule has 0 aliphatic heterocycles. The van der Waals surface area contributed by atoms with Gasteiger partial charge < -0.3 is 0 Å². The van der Waals surface area contributed by atoms with E-state index in [0.29, 0.717) is 10.5 Å². The molecule has 2 radical (unpaired) electrons. The van der Waals surface area contributed by atoms with Gasteiger partial charge in [-0.15, -0.1) is 5.92 Å². The van der Waals surface area contributed by atoms with Crippen LogP contribution in [0, 0.1) is 11.8 Å². The first-order valence-electron chi connectivity index (χ1n) is 6.63. The van der Waals surface area contributed by atoms with Crippen molar-refractivity contribution in [2.45, 2.75) is 74.7 Å². The molecule has 0 saturated carbocycles. The topological polar surface area (TPSA) is 0 Å². The molecule has 0 heterocycles. The summed E-state index contributed by atoms with van der Waals surface area (Å²) in [6.07, 6.45) is 12.6. The molecular weight excluding hydrogens is 278 g/mol. The number of thiol groups is 2. The van der Waals surface area contributed by atoms with Crippen LogP contribution in [-0.2, 0) is 0 Å². The van der Waals surface area contributed by atoms with Gasteiger partial charge in [-0.05, 0) is 25.7 Å². The van der Waals surface area contributed by atoms with Gasteiger partial charge >= 0.3 is 0 Å². The second kappa shape index (κ2) is 15.6. The van der Waals surface area contributed by atoms with Gasteiger partial charge in [-0.25, -0.2) is 0 Å². The Kier molecular flexibility index (Phi) is 19.6. The Morgan fingerprint density at radius 3 is 2.00 bits per heavy atom. The molecule has 0 amide bonds. The van der Waals surface area contributed by atoms with Gasteiger partial charge in [-0.2, -0.15) is 25.3 Å². The zero-order valence-corrected chi connectivity index (χ0v) is 17.9. The summed E-state index contributed by atoms with van der Waals surface area (Å²) < 4.78 is 0. The van der Waals surface area contributed by atoms with Crippen LogP contribution >= 0.6 is 25.3 Å². The molecule has 0 aromatic heterocycles. The average Bonchev–Trinajstić information content (AvgIpc) is 2.26. The Balaban J connectivity index is 0. The van der Waals surface area contributed by atoms with Gasteiger partial charge in [0.25, 0.3) is 0 Å². The summed E-state index contributed by atoms with van der Waals surface area (Å²) in [5, 5.41) is 0.895. The maximum atomic E-state index is 4.63. The van der Waals surface area contributed by atoms with Crippen LogP contribution in [0.3, 0.4) is 0 Å². The van der Waals surface area contributed by atoms with Gasteiger partial charge in [0, 0.05) is 70.8 Å². The molecule has 0 bridgehead atoms. The van der Waals surface area contributed by atoms with Crippen LogP contribution in [0.25, 0.3) is 0 Å². The zero-order chi connectivity index (χ0) is 11.6. The second-order valence-corrected chi connectivity index (χ2v) is 6.08. The maximum Gasteiger partial charge on any atom is 0.0627 e. The SMILES string of the molecule is SC1C#CCCCC(S)CCCCCCC1.[Na].[Na]. The van der Waals surface area contributed by atoms with Crippen LogP contribution in [0.1, 0.15) is 64.2 Å². The van der Waals surface area contributed by atoms with Crippen molar-refractivity contribution in [3.63, 3.8) is 0 Å². The fourth-order valence-electron chi connectivity index (χ4n) is 2.08. The van der Waals surface area contributed by atoms with E-state index in [1.807, 2.05) is 0 Å². The molecule has 0 aromatic carbocycles. The first kappa shape index (κ1) is 22.5. The van der Waals surface area contributed by atoms with E-state index < -0.39 is 0 Å². The second-order valence-electron chi connectivity index (χ2n) is 4.73. The summed E-state index contributed by atoms with van der Waals surface area (Å²) >= 11 is 9.13. The van der Waals surface area contributed by atoms with Crippen molar-refractivity contribution >= 4 is 84.4 Å². The Morgan fingerprint density at radius 2 is 1.28 bits per heavy atom. The predicted molar refractivity (Wildman–Crippen MR) is 91.0 cm³/mol. The van der Waals surface area contributed by atoms with Crippen molar-refractivity contribution in [1.29, 1.82) is 0 Å². The zero-order valence-electron chi connectivity index (χ0n) is 12.1. The van der Waals surface area contributed by atoms with Crippen LogP contribution in [0.2, 0.25) is 0 Å². The summed E-state index contributed by atoms with van der Waals surface area (Å²) in [5.74, 6) is 6.49. The number of hydrogen-bond donors (Lipinski definition) is 2. The van der Waals surface area contributed by atoms with Crippen LogP contribution in [-0.4, -0.2) is 69.6 Å². The van der Waals surface area contributed by atoms with Crippen molar-refractivity contribution in [3.05, 3.63) is 0 Å². The van der Waals surface area contributed by atoms with E-state index in [2.05, 4.69) is 37.1 Å². The smallest absolute Gasteiger partial charge is 0.0627 e. The minimum Gasteiger partial charge on any atom is -0.176 e. The van der Waals surface area contributed by atoms with E-state index in [4.69, 9.17) is 0 Å². The molecule has 2 unspecified atom stereocenters. The Morgan fingerprint density at radius 1 is 0.722 bits per heavy atom. The van der Waals surface area contributed by atoms with Crippen molar-refractivity contribution in [2.24, 2.45) is 0 Å². The third-order valence-electron chi connectivity index (χ3n) is 3.12. The van der Waals surface area contributed by atoms with E-state index in [-0.39, 0.29) is 59.1 Å². The minimum absolute atomic E-state index is 0. The van der Waals surface area contributed by atoms with Gasteiger partial charge in [0.05, 0.1) is 5.25 Å². The molecule has 4 heteroatoms. The molecule has 0 nitrogen and oxygen atoms in total. The Labute approximate surface area is 169 Å². The summed E-state index contributed by atoms with van der Waals surface area (Å²) in [7, 11) is 0. The summed E-state index contributed by atoms with van der Waals surface area (Å²) in [5.41, 5.74) is 0. The normalized spacial score (nSPS) is 26.6. The quantitative estimate of drug-likeness (QED) is 0.380. The molecule has 18 heavy (non-hydrogen) atoms. The predicted octanol–water partition coefficient (Wildman–Crippen LogP) is 3.74. The molecule has 0 fully saturated rings. The van der Waals surface area contributed by atoms with Crippen LogP contribution in [0.15, 0.2) is 0 Å². The molecule has 2 atom stereocenters. The molecule has 94 valence electrons. The minimum atomic E-state index is 0. The van der Waals surface area contributed by atoms with E-state index >= 15 is 0 Å². The summed E-state index contributed by atoms with van der Waals surface area (Å²) in [6, 6.07) is 0. The standard InChI is InChI=1S/C14H24S2.2Na/c15-13-9-5-2-1-3-6-10-14(16)12-8-4-7-11-13;;/h13-16H,1-7,9-11H2;;. The van der Waals surface area contributed by atoms with Gasteiger partial charge in [0.2, 0.25) is 0 Å². The molecule has 0 saturated heterocycles. The van der Waals surface area contributed by atoms with Crippen molar-refractivity contribution < 1.29 is 0 Å². The molecule has 0 N–H and O–H groups in total. The molecule has 1 rings (SSSR count). The van der Waals surface area contributed by atoms with E-state index in [1.54, 1.807) is 0 Å². The van der Waals surface area contributed by atoms with E-state index in [0.717, 1.165) is 12.8 Å². The van der Waals surface area contributed by atoms with Gasteiger partial charge in [-0.1, -0.05) is 38.0 Å². The van der Waals surface area contributed by atoms with Gasteiger partial charge in [0.15, 0.2) is 0 Å². The van der Waals surface area contributed by atoms with E-state index in [1.165, 1.54) is 51.4 Å². The largest absolute Gasteiger partial charge is 0.176 e. The molecular formula is C14H24Na2S2. The van der Waals surface area contributed by atoms with Crippen LogP contribution in [0.5, 0.6) is 0 Å². The Hall–Kier alpha value is 2.26. The van der Waals surface area contributed by atoms with Gasteiger partial charge in [0.1, 0.15) is 0 Å². The summed E-state index contributed by atoms with van der Waals surface area (Å²) in [6.45, 7) is 0. The number of rotatable bonds is 0. The van der Waals surface area contributed by atoms with Crippen molar-refractivity contribution in [1.82, 2.24) is 0 Å². The molecule has 0 spiro atoms. The van der Waals surface area contributed by atoms with E-state index in [9.17, 15) is 0 Å². The molecule has 0 aromatic rings. The van der Waals surface area contributed by atoms with Crippen molar-refractivity contribution in [2.75, 3.05) is 0 Å². The fourth-order valence-corrected chi connectivity index (χ4v) is 2.72. The van der Waals surface area contributed by atoms with Crippen molar-refractivity contribution in [3.8, 4) is 11.8 Å². The summed E-state index contributed by atoms with van der Waals surface area (Å²) in [4.78, 5) is 0. The van der Waals surface area contributed by atoms with Crippen LogP contribution in [0.4, 0.5) is 0 Å².